The van der Waals surface area contributed by atoms with Gasteiger partial charge in [0.05, 0.1) is 0 Å². The van der Waals surface area contributed by atoms with Gasteiger partial charge in [0, 0.05) is 47.5 Å². The lowest BCUT2D eigenvalue weighted by molar-refractivity contribution is 1.18. The molecule has 15 heavy (non-hydrogen) atoms. The van der Waals surface area contributed by atoms with E-state index in [9.17, 15) is 0 Å². The van der Waals surface area contributed by atoms with Crippen LogP contribution in [0.2, 0.25) is 0 Å². The molecule has 3 aromatic heterocycles. The zero-order chi connectivity index (χ0) is 10.1. The van der Waals surface area contributed by atoms with Crippen LogP contribution >= 0.6 is 0 Å². The average molecular weight is 196 g/mol. The summed E-state index contributed by atoms with van der Waals surface area (Å²) in [7, 11) is 0. The van der Waals surface area contributed by atoms with Crippen molar-refractivity contribution in [3.8, 4) is 11.4 Å². The molecule has 0 aromatic carbocycles. The highest BCUT2D eigenvalue weighted by atomic mass is 14.9. The molecule has 3 heterocycles. The minimum Gasteiger partial charge on any atom is -0.360 e. The number of aromatic amines is 1. The van der Waals surface area contributed by atoms with E-state index >= 15 is 0 Å². The van der Waals surface area contributed by atoms with Gasteiger partial charge < -0.3 is 4.98 Å². The molecule has 0 amide bonds. The molecule has 0 aliphatic carbocycles. The summed E-state index contributed by atoms with van der Waals surface area (Å²) in [4.78, 5) is 15.7. The first kappa shape index (κ1) is 8.11. The summed E-state index contributed by atoms with van der Waals surface area (Å²) in [5.74, 6) is 0.719. The Morgan fingerprint density at radius 1 is 1.07 bits per heavy atom. The Kier molecular flexibility index (Phi) is 1.71. The Morgan fingerprint density at radius 3 is 2.80 bits per heavy atom. The summed E-state index contributed by atoms with van der Waals surface area (Å²) >= 11 is 0. The number of hydrogen-bond donors (Lipinski definition) is 1. The third-order valence-electron chi connectivity index (χ3n) is 2.29. The molecule has 0 radical (unpaired) electrons. The van der Waals surface area contributed by atoms with Crippen molar-refractivity contribution in [2.75, 3.05) is 0 Å². The zero-order valence-electron chi connectivity index (χ0n) is 7.88. The van der Waals surface area contributed by atoms with Crippen molar-refractivity contribution in [3.63, 3.8) is 0 Å². The monoisotopic (exact) mass is 196 g/mol. The lowest BCUT2D eigenvalue weighted by atomic mass is 10.2. The fourth-order valence-corrected chi connectivity index (χ4v) is 1.59. The second-order valence-corrected chi connectivity index (χ2v) is 3.20. The molecule has 1 N–H and O–H groups in total. The van der Waals surface area contributed by atoms with Crippen LogP contribution in [0.25, 0.3) is 22.3 Å². The van der Waals surface area contributed by atoms with Crippen LogP contribution in [0.5, 0.6) is 0 Å². The van der Waals surface area contributed by atoms with Crippen LogP contribution in [0.4, 0.5) is 0 Å². The first-order valence-electron chi connectivity index (χ1n) is 4.63. The first-order chi connectivity index (χ1) is 7.45. The normalized spacial score (nSPS) is 10.7. The molecule has 4 nitrogen and oxygen atoms in total. The van der Waals surface area contributed by atoms with Gasteiger partial charge in [-0.3, -0.25) is 4.98 Å². The van der Waals surface area contributed by atoms with Gasteiger partial charge in [0.25, 0.3) is 0 Å². The van der Waals surface area contributed by atoms with Gasteiger partial charge in [-0.05, 0) is 12.1 Å². The summed E-state index contributed by atoms with van der Waals surface area (Å²) in [5, 5.41) is 1.05. The van der Waals surface area contributed by atoms with Crippen LogP contribution in [-0.4, -0.2) is 19.9 Å². The minimum absolute atomic E-state index is 0.719. The van der Waals surface area contributed by atoms with E-state index in [1.807, 2.05) is 18.5 Å². The van der Waals surface area contributed by atoms with E-state index in [4.69, 9.17) is 0 Å². The first-order valence-corrected chi connectivity index (χ1v) is 4.63. The molecule has 0 saturated carbocycles. The fraction of sp³-hybridized carbons (Fsp3) is 0. The predicted octanol–water partition coefficient (Wildman–Crippen LogP) is 2.02. The summed E-state index contributed by atoms with van der Waals surface area (Å²) in [5.41, 5.74) is 2.03. The van der Waals surface area contributed by atoms with Crippen LogP contribution < -0.4 is 0 Å². The van der Waals surface area contributed by atoms with Crippen LogP contribution in [-0.2, 0) is 0 Å². The lowest BCUT2D eigenvalue weighted by Crippen LogP contribution is -1.84. The molecular formula is C11H8N4. The molecule has 0 spiro atoms. The third-order valence-corrected chi connectivity index (χ3v) is 2.29. The van der Waals surface area contributed by atoms with E-state index < -0.39 is 0 Å². The van der Waals surface area contributed by atoms with Crippen molar-refractivity contribution < 1.29 is 0 Å². The third kappa shape index (κ3) is 1.27. The zero-order valence-corrected chi connectivity index (χ0v) is 7.88. The second-order valence-electron chi connectivity index (χ2n) is 3.20. The average Bonchev–Trinajstić information content (AvgIpc) is 2.74. The SMILES string of the molecule is c1cnc(-c2c[nH]c3ccncc23)nc1. The van der Waals surface area contributed by atoms with Gasteiger partial charge in [-0.25, -0.2) is 9.97 Å². The number of H-pyrrole nitrogens is 1. The molecule has 0 aliphatic rings. The van der Waals surface area contributed by atoms with Crippen molar-refractivity contribution >= 4 is 10.9 Å². The Balaban J connectivity index is 2.28. The van der Waals surface area contributed by atoms with Crippen molar-refractivity contribution in [2.45, 2.75) is 0 Å². The number of fused-ring (bicyclic) bond motifs is 1. The molecule has 0 unspecified atom stereocenters. The Labute approximate surface area is 86.0 Å². The highest BCUT2D eigenvalue weighted by Crippen LogP contribution is 2.24. The van der Waals surface area contributed by atoms with E-state index in [0.717, 1.165) is 22.3 Å². The standard InChI is InChI=1S/C11H8N4/c1-3-13-11(14-4-1)9-7-15-10-2-5-12-6-8(9)10/h1-7,15H. The predicted molar refractivity (Wildman–Crippen MR) is 57.1 cm³/mol. The summed E-state index contributed by atoms with van der Waals surface area (Å²) in [6.45, 7) is 0. The maximum absolute atomic E-state index is 4.21. The maximum Gasteiger partial charge on any atom is 0.161 e. The highest BCUT2D eigenvalue weighted by Gasteiger charge is 2.06. The molecule has 4 heteroatoms. The molecule has 0 saturated heterocycles. The van der Waals surface area contributed by atoms with Crippen molar-refractivity contribution in [2.24, 2.45) is 0 Å². The van der Waals surface area contributed by atoms with Gasteiger partial charge >= 0.3 is 0 Å². The van der Waals surface area contributed by atoms with Crippen LogP contribution in [0.15, 0.2) is 43.1 Å². The molecule has 3 rings (SSSR count). The number of nitrogens with zero attached hydrogens (tertiary/aromatic N) is 3. The van der Waals surface area contributed by atoms with Gasteiger partial charge in [0.1, 0.15) is 0 Å². The molecule has 0 atom stereocenters. The highest BCUT2D eigenvalue weighted by molar-refractivity contribution is 5.92. The number of aromatic nitrogens is 4. The topological polar surface area (TPSA) is 54.5 Å². The van der Waals surface area contributed by atoms with Crippen molar-refractivity contribution in [1.29, 1.82) is 0 Å². The Hall–Kier alpha value is -2.23. The van der Waals surface area contributed by atoms with Gasteiger partial charge in [-0.15, -0.1) is 0 Å². The maximum atomic E-state index is 4.21. The Bertz CT molecular complexity index is 586. The quantitative estimate of drug-likeness (QED) is 0.647. The van der Waals surface area contributed by atoms with Gasteiger partial charge in [-0.2, -0.15) is 0 Å². The van der Waals surface area contributed by atoms with Crippen molar-refractivity contribution in [3.05, 3.63) is 43.1 Å². The molecule has 0 fully saturated rings. The largest absolute Gasteiger partial charge is 0.360 e. The van der Waals surface area contributed by atoms with Gasteiger partial charge in [0.2, 0.25) is 0 Å². The Morgan fingerprint density at radius 2 is 1.93 bits per heavy atom. The van der Waals surface area contributed by atoms with Crippen LogP contribution in [0.1, 0.15) is 0 Å². The molecular weight excluding hydrogens is 188 g/mol. The van der Waals surface area contributed by atoms with E-state index in [0.29, 0.717) is 0 Å². The fourth-order valence-electron chi connectivity index (χ4n) is 1.59. The molecule has 0 aliphatic heterocycles. The lowest BCUT2D eigenvalue weighted by Gasteiger charge is -1.95. The molecule has 0 bridgehead atoms. The minimum atomic E-state index is 0.719. The van der Waals surface area contributed by atoms with Crippen LogP contribution in [0, 0.1) is 0 Å². The van der Waals surface area contributed by atoms with E-state index in [1.165, 1.54) is 0 Å². The molecule has 72 valence electrons. The van der Waals surface area contributed by atoms with E-state index in [2.05, 4.69) is 19.9 Å². The van der Waals surface area contributed by atoms with Gasteiger partial charge in [-0.1, -0.05) is 0 Å². The summed E-state index contributed by atoms with van der Waals surface area (Å²) < 4.78 is 0. The smallest absolute Gasteiger partial charge is 0.161 e. The number of hydrogen-bond acceptors (Lipinski definition) is 3. The number of pyridine rings is 1. The summed E-state index contributed by atoms with van der Waals surface area (Å²) in [6, 6.07) is 3.73. The van der Waals surface area contributed by atoms with Crippen LogP contribution in [0.3, 0.4) is 0 Å². The van der Waals surface area contributed by atoms with Gasteiger partial charge in [0.15, 0.2) is 5.82 Å². The summed E-state index contributed by atoms with van der Waals surface area (Å²) in [6.07, 6.45) is 8.95. The number of rotatable bonds is 1. The van der Waals surface area contributed by atoms with E-state index in [-0.39, 0.29) is 0 Å². The second kappa shape index (κ2) is 3.16. The molecule has 3 aromatic rings. The van der Waals surface area contributed by atoms with Crippen molar-refractivity contribution in [1.82, 2.24) is 19.9 Å². The van der Waals surface area contributed by atoms with E-state index in [1.54, 1.807) is 24.7 Å². The number of nitrogens with one attached hydrogen (secondary N) is 1.